The average Bonchev–Trinajstić information content (AvgIpc) is 3.16. The zero-order valence-electron chi connectivity index (χ0n) is 15.7. The van der Waals surface area contributed by atoms with Crippen molar-refractivity contribution >= 4 is 27.5 Å². The molecule has 2 unspecified atom stereocenters. The number of piperazine rings is 1. The summed E-state index contributed by atoms with van der Waals surface area (Å²) in [4.78, 5) is 20.1. The maximum Gasteiger partial charge on any atom is 0.224 e. The van der Waals surface area contributed by atoms with Gasteiger partial charge in [0.15, 0.2) is 0 Å². The lowest BCUT2D eigenvalue weighted by molar-refractivity contribution is -0.125. The third-order valence-corrected chi connectivity index (χ3v) is 6.73. The van der Waals surface area contributed by atoms with Gasteiger partial charge in [-0.2, -0.15) is 0 Å². The Balaban J connectivity index is 1.34. The van der Waals surface area contributed by atoms with Crippen LogP contribution in [0.3, 0.4) is 0 Å². The van der Waals surface area contributed by atoms with Gasteiger partial charge in [-0.1, -0.05) is 24.3 Å². The van der Waals surface area contributed by atoms with Crippen molar-refractivity contribution < 1.29 is 4.79 Å². The van der Waals surface area contributed by atoms with Gasteiger partial charge >= 0.3 is 0 Å². The number of nitrogens with one attached hydrogen (secondary N) is 2. The summed E-state index contributed by atoms with van der Waals surface area (Å²) < 4.78 is 1.21. The van der Waals surface area contributed by atoms with E-state index in [1.807, 2.05) is 12.1 Å². The van der Waals surface area contributed by atoms with Gasteiger partial charge in [-0.25, -0.2) is 4.98 Å². The summed E-state index contributed by atoms with van der Waals surface area (Å²) >= 11 is 1.73. The van der Waals surface area contributed by atoms with Crippen molar-refractivity contribution in [3.8, 4) is 0 Å². The van der Waals surface area contributed by atoms with Gasteiger partial charge in [0.2, 0.25) is 5.91 Å². The summed E-state index contributed by atoms with van der Waals surface area (Å²) in [6.45, 7) is 6.20. The lowest BCUT2D eigenvalue weighted by Gasteiger charge is -2.28. The SMILES string of the molecule is O=C(NCCCN1CCNCC1)C1CC=CCC1c1nc2ccccc2s1. The van der Waals surface area contributed by atoms with E-state index in [1.54, 1.807) is 11.3 Å². The molecule has 6 heteroatoms. The van der Waals surface area contributed by atoms with E-state index in [0.29, 0.717) is 0 Å². The van der Waals surface area contributed by atoms with Crippen LogP contribution in [0.5, 0.6) is 0 Å². The Labute approximate surface area is 164 Å². The third-order valence-electron chi connectivity index (χ3n) is 5.56. The highest BCUT2D eigenvalue weighted by Gasteiger charge is 2.32. The number of benzene rings is 1. The second kappa shape index (κ2) is 8.95. The lowest BCUT2D eigenvalue weighted by atomic mass is 9.82. The van der Waals surface area contributed by atoms with E-state index >= 15 is 0 Å². The number of para-hydroxylation sites is 1. The number of aromatic nitrogens is 1. The zero-order chi connectivity index (χ0) is 18.5. The second-order valence-corrected chi connectivity index (χ2v) is 8.47. The summed E-state index contributed by atoms with van der Waals surface area (Å²) in [5.74, 6) is 0.374. The van der Waals surface area contributed by atoms with Gasteiger partial charge in [0.1, 0.15) is 0 Å². The molecule has 2 N–H and O–H groups in total. The maximum absolute atomic E-state index is 12.9. The van der Waals surface area contributed by atoms with Crippen LogP contribution >= 0.6 is 11.3 Å². The first-order valence-corrected chi connectivity index (χ1v) is 10.8. The number of thiazole rings is 1. The van der Waals surface area contributed by atoms with Crippen LogP contribution in [-0.4, -0.2) is 55.1 Å². The predicted molar refractivity (Wildman–Crippen MR) is 111 cm³/mol. The number of carbonyl (C=O) groups is 1. The molecule has 2 aliphatic rings. The largest absolute Gasteiger partial charge is 0.356 e. The third kappa shape index (κ3) is 4.57. The number of amides is 1. The summed E-state index contributed by atoms with van der Waals surface area (Å²) in [6, 6.07) is 8.24. The number of rotatable bonds is 6. The fourth-order valence-electron chi connectivity index (χ4n) is 4.01. The maximum atomic E-state index is 12.9. The first kappa shape index (κ1) is 18.6. The molecule has 5 nitrogen and oxygen atoms in total. The van der Waals surface area contributed by atoms with E-state index in [4.69, 9.17) is 4.98 Å². The smallest absolute Gasteiger partial charge is 0.224 e. The Morgan fingerprint density at radius 1 is 1.22 bits per heavy atom. The van der Waals surface area contributed by atoms with E-state index in [-0.39, 0.29) is 17.7 Å². The van der Waals surface area contributed by atoms with Gasteiger partial charge in [0, 0.05) is 38.6 Å². The summed E-state index contributed by atoms with van der Waals surface area (Å²) in [5, 5.41) is 7.66. The fraction of sp³-hybridized carbons (Fsp3) is 0.524. The van der Waals surface area contributed by atoms with E-state index in [1.165, 1.54) is 4.70 Å². The molecule has 1 aromatic carbocycles. The molecule has 1 aromatic heterocycles. The highest BCUT2D eigenvalue weighted by molar-refractivity contribution is 7.18. The van der Waals surface area contributed by atoms with Crippen LogP contribution in [0.25, 0.3) is 10.2 Å². The Kier molecular flexibility index (Phi) is 6.17. The molecule has 1 saturated heterocycles. The number of carbonyl (C=O) groups excluding carboxylic acids is 1. The minimum Gasteiger partial charge on any atom is -0.356 e. The normalized spacial score (nSPS) is 23.6. The molecule has 1 amide bonds. The second-order valence-electron chi connectivity index (χ2n) is 7.41. The highest BCUT2D eigenvalue weighted by atomic mass is 32.1. The van der Waals surface area contributed by atoms with Gasteiger partial charge in [-0.05, 0) is 37.9 Å². The number of fused-ring (bicyclic) bond motifs is 1. The van der Waals surface area contributed by atoms with Crippen LogP contribution in [-0.2, 0) is 4.79 Å². The molecular formula is C21H28N4OS. The molecule has 2 atom stereocenters. The molecule has 2 aromatic rings. The zero-order valence-corrected chi connectivity index (χ0v) is 16.5. The fourth-order valence-corrected chi connectivity index (χ4v) is 5.15. The predicted octanol–water partition coefficient (Wildman–Crippen LogP) is 2.76. The van der Waals surface area contributed by atoms with Crippen molar-refractivity contribution in [2.45, 2.75) is 25.2 Å². The molecule has 27 heavy (non-hydrogen) atoms. The Morgan fingerprint density at radius 3 is 2.89 bits per heavy atom. The van der Waals surface area contributed by atoms with Crippen LogP contribution in [0.1, 0.15) is 30.2 Å². The molecule has 0 radical (unpaired) electrons. The van der Waals surface area contributed by atoms with E-state index < -0.39 is 0 Å². The molecule has 0 bridgehead atoms. The molecule has 1 aliphatic heterocycles. The molecule has 0 saturated carbocycles. The van der Waals surface area contributed by atoms with Crippen molar-refractivity contribution in [2.24, 2.45) is 5.92 Å². The number of nitrogens with zero attached hydrogens (tertiary/aromatic N) is 2. The number of allylic oxidation sites excluding steroid dienone is 2. The van der Waals surface area contributed by atoms with Gasteiger partial charge in [-0.15, -0.1) is 11.3 Å². The first-order valence-electron chi connectivity index (χ1n) is 10.0. The van der Waals surface area contributed by atoms with Crippen LogP contribution in [0.15, 0.2) is 36.4 Å². The van der Waals surface area contributed by atoms with Crippen molar-refractivity contribution in [1.82, 2.24) is 20.5 Å². The van der Waals surface area contributed by atoms with Crippen molar-refractivity contribution in [1.29, 1.82) is 0 Å². The minimum absolute atomic E-state index is 0.00486. The standard InChI is InChI=1S/C21H28N4OS/c26-20(23-10-5-13-25-14-11-22-12-15-25)16-6-1-2-7-17(16)21-24-18-8-3-4-9-19(18)27-21/h1-4,8-9,16-17,22H,5-7,10-15H2,(H,23,26). The molecule has 144 valence electrons. The number of hydrogen-bond donors (Lipinski definition) is 2. The van der Waals surface area contributed by atoms with Crippen molar-refractivity contribution in [2.75, 3.05) is 39.3 Å². The highest BCUT2D eigenvalue weighted by Crippen LogP contribution is 2.38. The molecular weight excluding hydrogens is 356 g/mol. The summed E-state index contributed by atoms with van der Waals surface area (Å²) in [5.41, 5.74) is 1.04. The van der Waals surface area contributed by atoms with Crippen LogP contribution in [0, 0.1) is 5.92 Å². The molecule has 1 aliphatic carbocycles. The van der Waals surface area contributed by atoms with E-state index in [2.05, 4.69) is 39.8 Å². The topological polar surface area (TPSA) is 57.3 Å². The summed E-state index contributed by atoms with van der Waals surface area (Å²) in [7, 11) is 0. The quantitative estimate of drug-likeness (QED) is 0.594. The molecule has 4 rings (SSSR count). The Bertz CT molecular complexity index is 763. The minimum atomic E-state index is -0.00486. The van der Waals surface area contributed by atoms with Crippen molar-refractivity contribution in [3.05, 3.63) is 41.4 Å². The monoisotopic (exact) mass is 384 g/mol. The van der Waals surface area contributed by atoms with Gasteiger partial charge < -0.3 is 15.5 Å². The molecule has 2 heterocycles. The first-order chi connectivity index (χ1) is 13.3. The van der Waals surface area contributed by atoms with Gasteiger partial charge in [0.05, 0.1) is 21.1 Å². The Morgan fingerprint density at radius 2 is 2.04 bits per heavy atom. The van der Waals surface area contributed by atoms with Crippen LogP contribution in [0.4, 0.5) is 0 Å². The molecule has 0 spiro atoms. The molecule has 1 fully saturated rings. The van der Waals surface area contributed by atoms with Crippen molar-refractivity contribution in [3.63, 3.8) is 0 Å². The lowest BCUT2D eigenvalue weighted by Crippen LogP contribution is -2.44. The average molecular weight is 385 g/mol. The van der Waals surface area contributed by atoms with E-state index in [9.17, 15) is 4.79 Å². The number of hydrogen-bond acceptors (Lipinski definition) is 5. The van der Waals surface area contributed by atoms with Crippen LogP contribution < -0.4 is 10.6 Å². The van der Waals surface area contributed by atoms with Gasteiger partial charge in [0.25, 0.3) is 0 Å². The van der Waals surface area contributed by atoms with Gasteiger partial charge in [-0.3, -0.25) is 4.79 Å². The van der Waals surface area contributed by atoms with E-state index in [0.717, 1.165) is 69.1 Å². The summed E-state index contributed by atoms with van der Waals surface area (Å²) in [6.07, 6.45) is 7.07. The Hall–Kier alpha value is -1.76. The van der Waals surface area contributed by atoms with Crippen LogP contribution in [0.2, 0.25) is 0 Å².